The van der Waals surface area contributed by atoms with E-state index in [1.165, 1.54) is 25.0 Å². The van der Waals surface area contributed by atoms with Crippen molar-refractivity contribution in [1.82, 2.24) is 10.2 Å². The van der Waals surface area contributed by atoms with Gasteiger partial charge >= 0.3 is 0 Å². The van der Waals surface area contributed by atoms with Gasteiger partial charge in [0.15, 0.2) is 0 Å². The van der Waals surface area contributed by atoms with Gasteiger partial charge in [-0.25, -0.2) is 8.78 Å². The predicted molar refractivity (Wildman–Crippen MR) is 80.1 cm³/mol. The molecule has 3 rings (SSSR count). The average molecular weight is 294 g/mol. The highest BCUT2D eigenvalue weighted by molar-refractivity contribution is 5.23. The molecule has 0 amide bonds. The summed E-state index contributed by atoms with van der Waals surface area (Å²) in [4.78, 5) is 2.49. The van der Waals surface area contributed by atoms with E-state index in [1.807, 2.05) is 6.92 Å². The molecule has 0 saturated carbocycles. The van der Waals surface area contributed by atoms with E-state index < -0.39 is 11.6 Å². The van der Waals surface area contributed by atoms with Crippen LogP contribution in [0.4, 0.5) is 8.78 Å². The van der Waals surface area contributed by atoms with Crippen LogP contribution in [-0.2, 0) is 0 Å². The fourth-order valence-corrected chi connectivity index (χ4v) is 4.26. The van der Waals surface area contributed by atoms with Crippen molar-refractivity contribution in [3.8, 4) is 0 Å². The first-order valence-corrected chi connectivity index (χ1v) is 7.99. The zero-order valence-electron chi connectivity index (χ0n) is 12.8. The molecule has 2 fully saturated rings. The summed E-state index contributed by atoms with van der Waals surface area (Å²) in [5, 5.41) is 3.45. The van der Waals surface area contributed by atoms with Gasteiger partial charge in [0.2, 0.25) is 0 Å². The van der Waals surface area contributed by atoms with Crippen molar-refractivity contribution in [2.24, 2.45) is 5.92 Å². The van der Waals surface area contributed by atoms with Gasteiger partial charge < -0.3 is 10.2 Å². The number of halogens is 2. The number of rotatable bonds is 4. The van der Waals surface area contributed by atoms with Gasteiger partial charge in [0, 0.05) is 24.2 Å². The fourth-order valence-electron chi connectivity index (χ4n) is 4.26. The number of fused-ring (bicyclic) bond motifs is 2. The summed E-state index contributed by atoms with van der Waals surface area (Å²) in [6, 6.07) is 5.23. The molecule has 2 heterocycles. The summed E-state index contributed by atoms with van der Waals surface area (Å²) in [5.74, 6) is -0.507. The van der Waals surface area contributed by atoms with Gasteiger partial charge in [0.1, 0.15) is 11.6 Å². The van der Waals surface area contributed by atoms with Gasteiger partial charge in [-0.05, 0) is 62.9 Å². The minimum atomic E-state index is -0.483. The van der Waals surface area contributed by atoms with Crippen molar-refractivity contribution in [3.63, 3.8) is 0 Å². The molecule has 2 saturated heterocycles. The highest BCUT2D eigenvalue weighted by Gasteiger charge is 2.41. The van der Waals surface area contributed by atoms with Crippen LogP contribution in [0.2, 0.25) is 0 Å². The van der Waals surface area contributed by atoms with E-state index in [4.69, 9.17) is 0 Å². The summed E-state index contributed by atoms with van der Waals surface area (Å²) in [5.41, 5.74) is 0.753. The molecule has 1 aromatic carbocycles. The highest BCUT2D eigenvalue weighted by atomic mass is 19.1. The lowest BCUT2D eigenvalue weighted by Crippen LogP contribution is -2.43. The Kier molecular flexibility index (Phi) is 4.27. The molecule has 21 heavy (non-hydrogen) atoms. The smallest absolute Gasteiger partial charge is 0.126 e. The molecule has 0 radical (unpaired) electrons. The van der Waals surface area contributed by atoms with Crippen LogP contribution in [0.5, 0.6) is 0 Å². The zero-order chi connectivity index (χ0) is 15.0. The molecule has 2 bridgehead atoms. The number of nitrogens with zero attached hydrogens (tertiary/aromatic N) is 1. The van der Waals surface area contributed by atoms with Crippen LogP contribution in [-0.4, -0.2) is 30.6 Å². The SMILES string of the molecule is CCNC(c1cc(F)cc(F)c1)C1CC2CCC(C1)N2C. The van der Waals surface area contributed by atoms with Crippen molar-refractivity contribution in [3.05, 3.63) is 35.4 Å². The Hall–Kier alpha value is -1.00. The molecule has 0 spiro atoms. The number of hydrogen-bond acceptors (Lipinski definition) is 2. The Morgan fingerprint density at radius 2 is 1.71 bits per heavy atom. The molecular formula is C17H24F2N2. The van der Waals surface area contributed by atoms with E-state index in [0.717, 1.165) is 31.0 Å². The second-order valence-corrected chi connectivity index (χ2v) is 6.52. The molecule has 4 heteroatoms. The molecule has 3 atom stereocenters. The third-order valence-corrected chi connectivity index (χ3v) is 5.27. The molecule has 0 aromatic heterocycles. The Bertz CT molecular complexity index is 471. The molecule has 116 valence electrons. The van der Waals surface area contributed by atoms with E-state index in [1.54, 1.807) is 0 Å². The minimum absolute atomic E-state index is 0.0528. The van der Waals surface area contributed by atoms with E-state index in [0.29, 0.717) is 18.0 Å². The summed E-state index contributed by atoms with van der Waals surface area (Å²) in [6.45, 7) is 2.86. The van der Waals surface area contributed by atoms with Crippen molar-refractivity contribution in [2.45, 2.75) is 50.7 Å². The maximum Gasteiger partial charge on any atom is 0.126 e. The number of piperidine rings is 1. The molecule has 0 aliphatic carbocycles. The predicted octanol–water partition coefficient (Wildman–Crippen LogP) is 3.49. The van der Waals surface area contributed by atoms with E-state index in [2.05, 4.69) is 17.3 Å². The van der Waals surface area contributed by atoms with E-state index in [-0.39, 0.29) is 6.04 Å². The summed E-state index contributed by atoms with van der Waals surface area (Å²) in [7, 11) is 2.21. The maximum atomic E-state index is 13.5. The summed E-state index contributed by atoms with van der Waals surface area (Å²) in [6.07, 6.45) is 4.74. The Balaban J connectivity index is 1.84. The third kappa shape index (κ3) is 2.97. The van der Waals surface area contributed by atoms with Crippen molar-refractivity contribution < 1.29 is 8.78 Å². The van der Waals surface area contributed by atoms with Crippen LogP contribution in [0.15, 0.2) is 18.2 Å². The molecule has 2 aliphatic heterocycles. The monoisotopic (exact) mass is 294 g/mol. The second-order valence-electron chi connectivity index (χ2n) is 6.52. The Labute approximate surface area is 125 Å². The standard InChI is InChI=1S/C17H24F2N2/c1-3-20-17(11-6-13(18)10-14(19)7-11)12-8-15-4-5-16(9-12)21(15)2/h6-7,10,12,15-17,20H,3-5,8-9H2,1-2H3. The van der Waals surface area contributed by atoms with Crippen molar-refractivity contribution in [2.75, 3.05) is 13.6 Å². The van der Waals surface area contributed by atoms with Gasteiger partial charge in [0.05, 0.1) is 0 Å². The van der Waals surface area contributed by atoms with Crippen LogP contribution in [0.25, 0.3) is 0 Å². The molecule has 3 unspecified atom stereocenters. The van der Waals surface area contributed by atoms with E-state index >= 15 is 0 Å². The lowest BCUT2D eigenvalue weighted by molar-refractivity contribution is 0.112. The van der Waals surface area contributed by atoms with Gasteiger partial charge in [-0.15, -0.1) is 0 Å². The highest BCUT2D eigenvalue weighted by Crippen LogP contribution is 2.42. The quantitative estimate of drug-likeness (QED) is 0.914. The molecular weight excluding hydrogens is 270 g/mol. The Morgan fingerprint density at radius 1 is 1.14 bits per heavy atom. The Morgan fingerprint density at radius 3 is 2.24 bits per heavy atom. The largest absolute Gasteiger partial charge is 0.310 e. The van der Waals surface area contributed by atoms with Crippen LogP contribution in [0.1, 0.15) is 44.2 Å². The van der Waals surface area contributed by atoms with Gasteiger partial charge in [-0.2, -0.15) is 0 Å². The lowest BCUT2D eigenvalue weighted by atomic mass is 9.82. The van der Waals surface area contributed by atoms with Crippen LogP contribution in [0, 0.1) is 17.6 Å². The molecule has 2 aliphatic rings. The van der Waals surface area contributed by atoms with Gasteiger partial charge in [0.25, 0.3) is 0 Å². The number of benzene rings is 1. The number of hydrogen-bond donors (Lipinski definition) is 1. The average Bonchev–Trinajstić information content (AvgIpc) is 2.65. The molecule has 1 aromatic rings. The van der Waals surface area contributed by atoms with Crippen molar-refractivity contribution >= 4 is 0 Å². The minimum Gasteiger partial charge on any atom is -0.310 e. The van der Waals surface area contributed by atoms with Crippen LogP contribution in [0.3, 0.4) is 0 Å². The van der Waals surface area contributed by atoms with Crippen molar-refractivity contribution in [1.29, 1.82) is 0 Å². The molecule has 2 nitrogen and oxygen atoms in total. The van der Waals surface area contributed by atoms with Gasteiger partial charge in [-0.3, -0.25) is 0 Å². The lowest BCUT2D eigenvalue weighted by Gasteiger charge is -2.40. The second kappa shape index (κ2) is 6.01. The van der Waals surface area contributed by atoms with E-state index in [9.17, 15) is 8.78 Å². The first-order valence-electron chi connectivity index (χ1n) is 7.99. The summed E-state index contributed by atoms with van der Waals surface area (Å²) >= 11 is 0. The normalized spacial score (nSPS) is 30.6. The summed E-state index contributed by atoms with van der Waals surface area (Å²) < 4.78 is 27.1. The first-order chi connectivity index (χ1) is 10.1. The van der Waals surface area contributed by atoms with Crippen LogP contribution < -0.4 is 5.32 Å². The third-order valence-electron chi connectivity index (χ3n) is 5.27. The maximum absolute atomic E-state index is 13.5. The van der Waals surface area contributed by atoms with Crippen LogP contribution >= 0.6 is 0 Å². The topological polar surface area (TPSA) is 15.3 Å². The first kappa shape index (κ1) is 14.9. The van der Waals surface area contributed by atoms with Gasteiger partial charge in [-0.1, -0.05) is 6.92 Å². The fraction of sp³-hybridized carbons (Fsp3) is 0.647. The molecule has 1 N–H and O–H groups in total. The number of nitrogens with one attached hydrogen (secondary N) is 1. The zero-order valence-corrected chi connectivity index (χ0v) is 12.8.